The molecule has 5 atom stereocenters. The molecule has 0 aromatic rings. The predicted octanol–water partition coefficient (Wildman–Crippen LogP) is 21.3. The fraction of sp³-hybridized carbons (Fsp3) is 0.518. The second-order valence-electron chi connectivity index (χ2n) is 23.4. The summed E-state index contributed by atoms with van der Waals surface area (Å²) in [5.41, 5.74) is 0. The monoisotopic (exact) mass is 1460 g/mol. The summed E-state index contributed by atoms with van der Waals surface area (Å²) in [4.78, 5) is 72.7. The molecule has 19 heteroatoms. The zero-order chi connectivity index (χ0) is 74.6. The van der Waals surface area contributed by atoms with Gasteiger partial charge in [-0.2, -0.15) is 0 Å². The number of carbonyl (C=O) groups is 4. The Morgan fingerprint density at radius 1 is 0.284 bits per heavy atom. The molecule has 0 saturated heterocycles. The van der Waals surface area contributed by atoms with E-state index in [-0.39, 0.29) is 25.7 Å². The van der Waals surface area contributed by atoms with Crippen LogP contribution in [-0.4, -0.2) is 96.7 Å². The molecule has 0 aromatic heterocycles. The van der Waals surface area contributed by atoms with E-state index in [9.17, 15) is 43.2 Å². The van der Waals surface area contributed by atoms with Crippen molar-refractivity contribution in [2.24, 2.45) is 0 Å². The predicted molar refractivity (Wildman–Crippen MR) is 417 cm³/mol. The molecule has 0 fully saturated rings. The molecule has 0 rings (SSSR count). The standard InChI is InChI=1S/C83H126O17P2/c1-5-9-13-17-21-25-29-33-37-38-42-44-48-52-56-60-64-68-81(86)94-74-79(100-83(88)70-66-62-58-54-50-46-41-36-32-28-24-20-16-12-8-4)76-98-102(91,92)96-72-77(84)71-95-101(89,90)97-75-78(99-82(87)69-65-61-57-53-49-45-40-35-31-27-23-19-15-11-7-3)73-93-80(85)67-63-59-55-51-47-43-39-34-30-26-22-18-14-10-6-2/h9-16,21-28,33-37,39-42,44,47,50-52,54,56,59,62-63,66,77-79,84H,5-8,17-20,29-32,38,43,45-46,48-49,53,55,57-58,60-61,64-65,67-76H2,1-4H3,(H,89,90)(H,91,92)/b13-9-,14-10-,15-11-,16-12-,25-21-,26-22-,27-23-,28-24-,37-33-,39-34-,40-35-,41-36-,44-42-,51-47-,54-50-,56-52-,63-59-,66-62-. The van der Waals surface area contributed by atoms with Gasteiger partial charge in [-0.25, -0.2) is 9.13 Å². The van der Waals surface area contributed by atoms with Crippen LogP contribution < -0.4 is 0 Å². The van der Waals surface area contributed by atoms with Crippen LogP contribution in [0.2, 0.25) is 0 Å². The molecule has 0 bridgehead atoms. The first-order valence-corrected chi connectivity index (χ1v) is 40.0. The SMILES string of the molecule is CC/C=C\C/C=C\C/C=C\C/C=C\C/C=C\CCCC(=O)OCC(COP(=O)(O)OCC(O)COP(=O)(O)OCC(COC(=O)C/C=C\C/C=C\C/C=C\C/C=C\C/C=C\CC)OC(=O)CCCCCCC/C=C\C/C=C\C/C=C\CC)OC(=O)C/C=C\C/C=C\C/C=C\C/C=C\C/C=C\CC. The number of rotatable bonds is 66. The van der Waals surface area contributed by atoms with Gasteiger partial charge < -0.3 is 33.8 Å². The van der Waals surface area contributed by atoms with Crippen molar-refractivity contribution < 1.29 is 80.2 Å². The first-order chi connectivity index (χ1) is 49.7. The minimum Gasteiger partial charge on any atom is -0.462 e. The molecule has 0 saturated carbocycles. The van der Waals surface area contributed by atoms with Crippen molar-refractivity contribution in [2.45, 2.75) is 239 Å². The highest BCUT2D eigenvalue weighted by Gasteiger charge is 2.30. The number of phosphoric ester groups is 2. The Kier molecular flexibility index (Phi) is 68.0. The lowest BCUT2D eigenvalue weighted by atomic mass is 10.1. The number of ether oxygens (including phenoxy) is 4. The second kappa shape index (κ2) is 72.7. The number of esters is 4. The third kappa shape index (κ3) is 71.8. The number of hydrogen-bond donors (Lipinski definition) is 3. The fourth-order valence-electron chi connectivity index (χ4n) is 8.53. The van der Waals surface area contributed by atoms with Gasteiger partial charge in [0.15, 0.2) is 12.2 Å². The molecule has 0 aromatic carbocycles. The van der Waals surface area contributed by atoms with Crippen LogP contribution in [0, 0.1) is 0 Å². The molecule has 0 aliphatic carbocycles. The van der Waals surface area contributed by atoms with E-state index in [0.29, 0.717) is 32.1 Å². The molecule has 570 valence electrons. The van der Waals surface area contributed by atoms with E-state index in [4.69, 9.17) is 37.0 Å². The van der Waals surface area contributed by atoms with Gasteiger partial charge in [0.2, 0.25) is 0 Å². The Labute approximate surface area is 613 Å². The maximum Gasteiger partial charge on any atom is 0.472 e. The first kappa shape index (κ1) is 95.4. The van der Waals surface area contributed by atoms with Crippen molar-refractivity contribution in [1.29, 1.82) is 0 Å². The van der Waals surface area contributed by atoms with E-state index in [2.05, 4.69) is 186 Å². The lowest BCUT2D eigenvalue weighted by Gasteiger charge is -2.21. The number of hydrogen-bond acceptors (Lipinski definition) is 15. The average Bonchev–Trinajstić information content (AvgIpc) is 0.923. The van der Waals surface area contributed by atoms with Gasteiger partial charge >= 0.3 is 39.5 Å². The number of allylic oxidation sites excluding steroid dienone is 34. The first-order valence-electron chi connectivity index (χ1n) is 37.0. The van der Waals surface area contributed by atoms with Crippen LogP contribution in [-0.2, 0) is 65.4 Å². The van der Waals surface area contributed by atoms with Crippen molar-refractivity contribution >= 4 is 39.5 Å². The van der Waals surface area contributed by atoms with Crippen LogP contribution in [0.5, 0.6) is 0 Å². The highest BCUT2D eigenvalue weighted by molar-refractivity contribution is 7.47. The summed E-state index contributed by atoms with van der Waals surface area (Å²) in [6, 6.07) is 0. The minimum absolute atomic E-state index is 0.0423. The van der Waals surface area contributed by atoms with Crippen molar-refractivity contribution in [3.8, 4) is 0 Å². The Hall–Kier alpha value is -6.62. The number of aliphatic hydroxyl groups is 1. The van der Waals surface area contributed by atoms with Crippen LogP contribution in [0.4, 0.5) is 0 Å². The van der Waals surface area contributed by atoms with E-state index in [1.54, 1.807) is 18.2 Å². The number of phosphoric acid groups is 2. The quantitative estimate of drug-likeness (QED) is 0.0169. The second-order valence-corrected chi connectivity index (χ2v) is 26.3. The van der Waals surface area contributed by atoms with Gasteiger partial charge in [-0.15, -0.1) is 0 Å². The van der Waals surface area contributed by atoms with E-state index >= 15 is 0 Å². The molecule has 17 nitrogen and oxygen atoms in total. The summed E-state index contributed by atoms with van der Waals surface area (Å²) in [6.45, 7) is 4.03. The van der Waals surface area contributed by atoms with Gasteiger partial charge in [-0.3, -0.25) is 37.3 Å². The van der Waals surface area contributed by atoms with Gasteiger partial charge in [0, 0.05) is 12.8 Å². The molecule has 0 aliphatic heterocycles. The summed E-state index contributed by atoms with van der Waals surface area (Å²) >= 11 is 0. The van der Waals surface area contributed by atoms with Gasteiger partial charge in [0.25, 0.3) is 0 Å². The molecule has 5 unspecified atom stereocenters. The third-order valence-electron chi connectivity index (χ3n) is 14.0. The zero-order valence-corrected chi connectivity index (χ0v) is 63.7. The average molecular weight is 1460 g/mol. The van der Waals surface area contributed by atoms with Gasteiger partial charge in [-0.05, 0) is 148 Å². The smallest absolute Gasteiger partial charge is 0.462 e. The van der Waals surface area contributed by atoms with E-state index < -0.39 is 97.5 Å². The zero-order valence-electron chi connectivity index (χ0n) is 61.9. The number of aliphatic hydroxyl groups excluding tert-OH is 1. The van der Waals surface area contributed by atoms with Crippen LogP contribution in [0.25, 0.3) is 0 Å². The molecule has 0 heterocycles. The molecule has 0 aliphatic rings. The van der Waals surface area contributed by atoms with Crippen LogP contribution in [0.1, 0.15) is 220 Å². The molecule has 102 heavy (non-hydrogen) atoms. The van der Waals surface area contributed by atoms with Crippen molar-refractivity contribution in [3.63, 3.8) is 0 Å². The summed E-state index contributed by atoms with van der Waals surface area (Å²) in [6.07, 6.45) is 91.5. The van der Waals surface area contributed by atoms with Gasteiger partial charge in [-0.1, -0.05) is 266 Å². The fourth-order valence-corrected chi connectivity index (χ4v) is 10.1. The maximum atomic E-state index is 13.1. The highest BCUT2D eigenvalue weighted by Crippen LogP contribution is 2.45. The summed E-state index contributed by atoms with van der Waals surface area (Å²) in [5.74, 6) is -2.60. The maximum absolute atomic E-state index is 13.1. The Morgan fingerprint density at radius 2 is 0.539 bits per heavy atom. The van der Waals surface area contributed by atoms with Crippen LogP contribution >= 0.6 is 15.6 Å². The Bertz CT molecular complexity index is 2800. The van der Waals surface area contributed by atoms with E-state index in [1.807, 2.05) is 42.5 Å². The topological polar surface area (TPSA) is 237 Å². The Balaban J connectivity index is 5.59. The lowest BCUT2D eigenvalue weighted by Crippen LogP contribution is -2.30. The van der Waals surface area contributed by atoms with Crippen molar-refractivity contribution in [3.05, 3.63) is 219 Å². The minimum atomic E-state index is -5.03. The van der Waals surface area contributed by atoms with Gasteiger partial charge in [0.05, 0.1) is 39.3 Å². The normalized spacial score (nSPS) is 15.2. The lowest BCUT2D eigenvalue weighted by molar-refractivity contribution is -0.160. The number of carbonyl (C=O) groups excluding carboxylic acids is 4. The summed E-state index contributed by atoms with van der Waals surface area (Å²) in [5, 5.41) is 10.6. The van der Waals surface area contributed by atoms with Crippen LogP contribution in [0.15, 0.2) is 219 Å². The molecule has 0 spiro atoms. The molecular weight excluding hydrogens is 1330 g/mol. The van der Waals surface area contributed by atoms with Gasteiger partial charge in [0.1, 0.15) is 19.3 Å². The van der Waals surface area contributed by atoms with Crippen LogP contribution in [0.3, 0.4) is 0 Å². The van der Waals surface area contributed by atoms with E-state index in [1.165, 1.54) is 0 Å². The number of unbranched alkanes of at least 4 members (excludes halogenated alkanes) is 6. The van der Waals surface area contributed by atoms with Crippen molar-refractivity contribution in [1.82, 2.24) is 0 Å². The summed E-state index contributed by atoms with van der Waals surface area (Å²) in [7, 11) is -10.1. The molecule has 3 N–H and O–H groups in total. The summed E-state index contributed by atoms with van der Waals surface area (Å²) < 4.78 is 68.1. The molecule has 0 amide bonds. The third-order valence-corrected chi connectivity index (χ3v) is 15.9. The molecular formula is C83H126O17P2. The van der Waals surface area contributed by atoms with E-state index in [0.717, 1.165) is 135 Å². The Morgan fingerprint density at radius 3 is 0.892 bits per heavy atom. The van der Waals surface area contributed by atoms with Crippen molar-refractivity contribution in [2.75, 3.05) is 39.6 Å². The largest absolute Gasteiger partial charge is 0.472 e. The highest BCUT2D eigenvalue weighted by atomic mass is 31.2. The molecule has 0 radical (unpaired) electrons.